The summed E-state index contributed by atoms with van der Waals surface area (Å²) in [4.78, 5) is 0. The van der Waals surface area contributed by atoms with E-state index in [0.29, 0.717) is 0 Å². The molecule has 0 radical (unpaired) electrons. The molecule has 37 heavy (non-hydrogen) atoms. The summed E-state index contributed by atoms with van der Waals surface area (Å²) in [5, 5.41) is 0.485. The Labute approximate surface area is 259 Å². The second-order valence-corrected chi connectivity index (χ2v) is 21.9. The molecule has 2 aliphatic rings. The van der Waals surface area contributed by atoms with E-state index in [1.807, 2.05) is 12.2 Å². The molecule has 0 spiro atoms. The fraction of sp³-hybridized carbons (Fsp3) is 0.467. The minimum Gasteiger partial charge on any atom is -1.00 e. The van der Waals surface area contributed by atoms with Crippen LogP contribution < -0.4 is 24.8 Å². The molecule has 2 aromatic rings. The Hall–Kier alpha value is -0.263. The summed E-state index contributed by atoms with van der Waals surface area (Å²) in [6.07, 6.45) is 10.8. The second-order valence-electron chi connectivity index (χ2n) is 12.4. The smallest absolute Gasteiger partial charge is 1.00 e. The van der Waals surface area contributed by atoms with Gasteiger partial charge in [0.05, 0.1) is 0 Å². The molecule has 2 unspecified atom stereocenters. The average molecular weight is 653 g/mol. The van der Waals surface area contributed by atoms with Gasteiger partial charge in [0.2, 0.25) is 0 Å². The van der Waals surface area contributed by atoms with Crippen molar-refractivity contribution in [2.45, 2.75) is 90.0 Å². The Bertz CT molecular complexity index is 984. The van der Waals surface area contributed by atoms with Crippen LogP contribution in [0, 0.1) is 12.2 Å². The third kappa shape index (κ3) is 8.86. The molecule has 0 N–H and O–H groups in total. The SMILES string of the molecule is CC(C)(C)[Si](C)(C)OC1[C-]=Cc2ccccc21.CC(C)(C)[Si](C)(C)OC1[C-]=Cc2ccccc21.[Cl-].[Cl-].[Zr+4]. The molecule has 200 valence electrons. The van der Waals surface area contributed by atoms with Crippen LogP contribution in [0.2, 0.25) is 36.3 Å². The van der Waals surface area contributed by atoms with Gasteiger partial charge in [0.1, 0.15) is 0 Å². The molecule has 0 aliphatic heterocycles. The molecule has 2 aliphatic carbocycles. The third-order valence-corrected chi connectivity index (χ3v) is 16.6. The molecule has 7 heteroatoms. The van der Waals surface area contributed by atoms with Gasteiger partial charge < -0.3 is 33.7 Å². The van der Waals surface area contributed by atoms with Crippen molar-refractivity contribution in [2.24, 2.45) is 0 Å². The van der Waals surface area contributed by atoms with Gasteiger partial charge in [-0.3, -0.25) is 0 Å². The largest absolute Gasteiger partial charge is 4.00 e. The standard InChI is InChI=1S/2C15H21OSi.2ClH.Zr/c2*1-15(2,3)17(4,5)16-14-11-10-12-8-6-7-9-13(12)14;;;/h2*6-10,14H,1-5H3;2*1H;/q2*-1;;;+4/p-2. The zero-order valence-electron chi connectivity index (χ0n) is 24.0. The average Bonchev–Trinajstić information content (AvgIpc) is 3.31. The van der Waals surface area contributed by atoms with Crippen LogP contribution in [0.3, 0.4) is 0 Å². The van der Waals surface area contributed by atoms with Crippen LogP contribution in [-0.4, -0.2) is 16.6 Å². The summed E-state index contributed by atoms with van der Waals surface area (Å²) < 4.78 is 12.8. The summed E-state index contributed by atoms with van der Waals surface area (Å²) in [6, 6.07) is 16.8. The summed E-state index contributed by atoms with van der Waals surface area (Å²) >= 11 is 0. The maximum Gasteiger partial charge on any atom is 4.00 e. The maximum atomic E-state index is 6.39. The maximum absolute atomic E-state index is 6.39. The van der Waals surface area contributed by atoms with Gasteiger partial charge in [-0.2, -0.15) is 11.1 Å². The van der Waals surface area contributed by atoms with Crippen LogP contribution in [0.5, 0.6) is 0 Å². The van der Waals surface area contributed by atoms with Crippen LogP contribution in [0.1, 0.15) is 76.0 Å². The first-order chi connectivity index (χ1) is 15.6. The molecule has 0 saturated heterocycles. The second kappa shape index (κ2) is 13.9. The molecule has 0 saturated carbocycles. The van der Waals surface area contributed by atoms with Crippen LogP contribution in [0.15, 0.2) is 48.5 Å². The van der Waals surface area contributed by atoms with Crippen molar-refractivity contribution in [3.8, 4) is 0 Å². The molecule has 0 heterocycles. The van der Waals surface area contributed by atoms with Gasteiger partial charge in [0.15, 0.2) is 16.6 Å². The Morgan fingerprint density at radius 3 is 1.19 bits per heavy atom. The molecule has 0 amide bonds. The van der Waals surface area contributed by atoms with Crippen molar-refractivity contribution in [1.29, 1.82) is 0 Å². The Morgan fingerprint density at radius 1 is 0.595 bits per heavy atom. The van der Waals surface area contributed by atoms with E-state index in [9.17, 15) is 0 Å². The minimum atomic E-state index is -1.72. The van der Waals surface area contributed by atoms with Crippen molar-refractivity contribution in [2.75, 3.05) is 0 Å². The molecular formula is C30H42Cl2O2Si2Zr. The van der Waals surface area contributed by atoms with Crippen molar-refractivity contribution < 1.29 is 59.9 Å². The number of fused-ring (bicyclic) bond motifs is 2. The number of hydrogen-bond acceptors (Lipinski definition) is 2. The van der Waals surface area contributed by atoms with Gasteiger partial charge in [-0.1, -0.05) is 77.9 Å². The number of benzene rings is 2. The third-order valence-electron chi connectivity index (χ3n) is 7.77. The number of rotatable bonds is 4. The molecule has 0 aromatic heterocycles. The zero-order valence-corrected chi connectivity index (χ0v) is 30.0. The van der Waals surface area contributed by atoms with E-state index in [-0.39, 0.29) is 73.3 Å². The van der Waals surface area contributed by atoms with Crippen LogP contribution >= 0.6 is 0 Å². The van der Waals surface area contributed by atoms with Gasteiger partial charge in [-0.15, -0.1) is 23.3 Å². The van der Waals surface area contributed by atoms with Crippen LogP contribution in [-0.2, 0) is 35.1 Å². The van der Waals surface area contributed by atoms with Crippen molar-refractivity contribution >= 4 is 28.8 Å². The topological polar surface area (TPSA) is 18.5 Å². The Morgan fingerprint density at radius 2 is 0.892 bits per heavy atom. The quantitative estimate of drug-likeness (QED) is 0.374. The van der Waals surface area contributed by atoms with E-state index in [4.69, 9.17) is 8.85 Å². The molecule has 0 bridgehead atoms. The first-order valence-electron chi connectivity index (χ1n) is 12.3. The van der Waals surface area contributed by atoms with Gasteiger partial charge >= 0.3 is 26.2 Å². The Balaban J connectivity index is 0.000000648. The fourth-order valence-electron chi connectivity index (χ4n) is 3.41. The van der Waals surface area contributed by atoms with Gasteiger partial charge in [0.25, 0.3) is 0 Å². The van der Waals surface area contributed by atoms with E-state index in [1.54, 1.807) is 0 Å². The van der Waals surface area contributed by atoms with E-state index in [1.165, 1.54) is 22.3 Å². The first-order valence-corrected chi connectivity index (χ1v) is 18.2. The summed E-state index contributed by atoms with van der Waals surface area (Å²) in [6.45, 7) is 22.8. The Kier molecular flexibility index (Phi) is 13.8. The summed E-state index contributed by atoms with van der Waals surface area (Å²) in [7, 11) is -3.44. The fourth-order valence-corrected chi connectivity index (χ4v) is 5.69. The molecule has 4 rings (SSSR count). The normalized spacial score (nSPS) is 17.9. The van der Waals surface area contributed by atoms with E-state index < -0.39 is 16.6 Å². The minimum absolute atomic E-state index is 0. The van der Waals surface area contributed by atoms with Gasteiger partial charge in [0, 0.05) is 0 Å². The van der Waals surface area contributed by atoms with Crippen LogP contribution in [0.4, 0.5) is 0 Å². The predicted octanol–water partition coefficient (Wildman–Crippen LogP) is 3.16. The number of halogens is 2. The molecule has 2 atom stereocenters. The van der Waals surface area contributed by atoms with Crippen molar-refractivity contribution in [3.05, 3.63) is 82.9 Å². The van der Waals surface area contributed by atoms with Gasteiger partial charge in [-0.25, -0.2) is 24.3 Å². The monoisotopic (exact) mass is 650 g/mol. The van der Waals surface area contributed by atoms with E-state index >= 15 is 0 Å². The molecule has 0 fully saturated rings. The number of hydrogen-bond donors (Lipinski definition) is 0. The predicted molar refractivity (Wildman–Crippen MR) is 150 cm³/mol. The summed E-state index contributed by atoms with van der Waals surface area (Å²) in [5.74, 6) is 0. The zero-order chi connectivity index (χ0) is 25.4. The van der Waals surface area contributed by atoms with Gasteiger partial charge in [-0.05, 0) is 48.5 Å². The molecule has 2 aromatic carbocycles. The van der Waals surface area contributed by atoms with Crippen LogP contribution in [0.25, 0.3) is 12.2 Å². The molecular weight excluding hydrogens is 611 g/mol. The first kappa shape index (κ1) is 36.7. The van der Waals surface area contributed by atoms with E-state index in [0.717, 1.165) is 0 Å². The molecule has 2 nitrogen and oxygen atoms in total. The summed E-state index contributed by atoms with van der Waals surface area (Å²) in [5.41, 5.74) is 5.02. The van der Waals surface area contributed by atoms with Crippen molar-refractivity contribution in [1.82, 2.24) is 0 Å². The van der Waals surface area contributed by atoms with E-state index in [2.05, 4.69) is 128 Å². The van der Waals surface area contributed by atoms with Crippen molar-refractivity contribution in [3.63, 3.8) is 0 Å².